The predicted molar refractivity (Wildman–Crippen MR) is 268 cm³/mol. The molecular weight excluding hydrogens is 1210 g/mol. The average Bonchev–Trinajstić information content (AvgIpc) is 3.01. The summed E-state index contributed by atoms with van der Waals surface area (Å²) in [4.78, 5) is 63.8. The largest absolute Gasteiger partial charge is 0.477 e. The van der Waals surface area contributed by atoms with Crippen LogP contribution in [0, 0.1) is 0 Å². The first-order chi connectivity index (χ1) is 41.2. The number of nitrogens with one attached hydrogen (secondary N) is 3. The topological polar surface area (TPSA) is 648 Å². The molecule has 6 saturated heterocycles. The quantitative estimate of drug-likeness (QED) is 0.0404. The third-order valence-corrected chi connectivity index (χ3v) is 15.6. The second-order valence-electron chi connectivity index (χ2n) is 21.9. The van der Waals surface area contributed by atoms with Crippen molar-refractivity contribution in [2.75, 3.05) is 39.6 Å². The van der Waals surface area contributed by atoms with E-state index in [0.29, 0.717) is 0 Å². The van der Waals surface area contributed by atoms with E-state index in [-0.39, 0.29) is 0 Å². The van der Waals surface area contributed by atoms with Crippen molar-refractivity contribution < 1.29 is 183 Å². The third-order valence-electron chi connectivity index (χ3n) is 15.6. The Balaban J connectivity index is 1.37. The van der Waals surface area contributed by atoms with Gasteiger partial charge in [-0.3, -0.25) is 14.4 Å². The van der Waals surface area contributed by atoms with Gasteiger partial charge >= 0.3 is 11.9 Å². The van der Waals surface area contributed by atoms with Gasteiger partial charge in [0.2, 0.25) is 17.7 Å². The molecule has 40 heteroatoms. The Bertz CT molecular complexity index is 2320. The molecule has 88 heavy (non-hydrogen) atoms. The number of carbonyl (C=O) groups is 5. The second kappa shape index (κ2) is 30.7. The summed E-state index contributed by atoms with van der Waals surface area (Å²) in [6.07, 6.45) is -61.8. The molecule has 0 aromatic heterocycles. The minimum absolute atomic E-state index is 0.866. The molecule has 6 rings (SSSR count). The van der Waals surface area contributed by atoms with E-state index in [4.69, 9.17) is 52.1 Å². The molecule has 0 aromatic rings. The van der Waals surface area contributed by atoms with Crippen LogP contribution in [0.1, 0.15) is 33.6 Å². The predicted octanol–water partition coefficient (Wildman–Crippen LogP) is -15.3. The van der Waals surface area contributed by atoms with E-state index >= 15 is 0 Å². The lowest BCUT2D eigenvalue weighted by Crippen LogP contribution is -2.71. The first-order valence-electron chi connectivity index (χ1n) is 27.4. The molecular formula is C48H79N3O37. The van der Waals surface area contributed by atoms with Gasteiger partial charge in [-0.1, -0.05) is 0 Å². The van der Waals surface area contributed by atoms with Gasteiger partial charge in [-0.25, -0.2) is 9.59 Å². The minimum atomic E-state index is -3.29. The maximum atomic E-state index is 13.3. The van der Waals surface area contributed by atoms with Gasteiger partial charge in [-0.15, -0.1) is 0 Å². The number of rotatable bonds is 25. The molecule has 0 saturated carbocycles. The molecule has 6 fully saturated rings. The Morgan fingerprint density at radius 2 is 0.864 bits per heavy atom. The maximum absolute atomic E-state index is 13.3. The van der Waals surface area contributed by atoms with E-state index in [0.717, 1.165) is 20.8 Å². The fourth-order valence-corrected chi connectivity index (χ4v) is 11.0. The molecule has 3 amide bonds. The minimum Gasteiger partial charge on any atom is -0.477 e. The number of aliphatic carboxylic acids is 2. The number of hydrogen-bond acceptors (Lipinski definition) is 35. The number of hydrogen-bond donors (Lipinski definition) is 24. The van der Waals surface area contributed by atoms with Gasteiger partial charge in [0, 0.05) is 33.6 Å². The Hall–Kier alpha value is -3.85. The lowest BCUT2D eigenvalue weighted by molar-refractivity contribution is -0.391. The molecule has 0 aromatic carbocycles. The molecule has 40 nitrogen and oxygen atoms in total. The summed E-state index contributed by atoms with van der Waals surface area (Å²) in [7, 11) is 0. The smallest absolute Gasteiger partial charge is 0.364 e. The Morgan fingerprint density at radius 1 is 0.466 bits per heavy atom. The molecule has 32 atom stereocenters. The number of carboxylic acids is 2. The summed E-state index contributed by atoms with van der Waals surface area (Å²) in [6.45, 7) is -4.38. The first-order valence-corrected chi connectivity index (χ1v) is 27.4. The van der Waals surface area contributed by atoms with Crippen LogP contribution in [0.25, 0.3) is 0 Å². The zero-order valence-electron chi connectivity index (χ0n) is 46.9. The summed E-state index contributed by atoms with van der Waals surface area (Å²) >= 11 is 0. The zero-order valence-corrected chi connectivity index (χ0v) is 46.9. The van der Waals surface area contributed by atoms with Gasteiger partial charge in [0.25, 0.3) is 11.6 Å². The second-order valence-corrected chi connectivity index (χ2v) is 21.9. The van der Waals surface area contributed by atoms with Crippen LogP contribution in [-0.2, 0) is 76.1 Å². The van der Waals surface area contributed by atoms with Crippen LogP contribution >= 0.6 is 0 Å². The lowest BCUT2D eigenvalue weighted by atomic mass is 9.88. The summed E-state index contributed by atoms with van der Waals surface area (Å²) < 4.78 is 63.2. The number of amides is 3. The number of aliphatic hydroxyl groups excluding tert-OH is 19. The van der Waals surface area contributed by atoms with Crippen molar-refractivity contribution in [1.82, 2.24) is 16.0 Å². The Morgan fingerprint density at radius 3 is 1.34 bits per heavy atom. The zero-order chi connectivity index (χ0) is 65.8. The van der Waals surface area contributed by atoms with Gasteiger partial charge in [0.15, 0.2) is 25.2 Å². The first kappa shape index (κ1) is 73.2. The summed E-state index contributed by atoms with van der Waals surface area (Å²) in [5, 5.41) is 234. The molecule has 0 radical (unpaired) electrons. The number of ether oxygens (including phenoxy) is 11. The van der Waals surface area contributed by atoms with Crippen molar-refractivity contribution in [3.05, 3.63) is 0 Å². The molecule has 0 aliphatic carbocycles. The standard InChI is InChI=1S/C48H79N3O37/c1-12(57)49-23-15(60)4-47(45(74)75,86-38(23)26(64)17(62)6-52)78-11-22-36(31(69)33(71)43(82-22)84-35-21(10-56)79-41(73)32(70)30(35)68)83-42-25(51-14(3)59)37(28(66)19(8-54)80-42)85-44-34(72)40(29(67)20(9-55)81-44)88-48(46(76)77)5-16(61)24(50-13(2)58)39(87-48)27(65)18(63)7-53/h15-44,52-56,60-73H,4-11H2,1-3H3,(H,49,57)(H,50,58)(H,51,59)(H,74,75)(H,76,77)/t15-,16-,17+,18+,19+,20+,21+,22+,23+,24+,25+,26+,27+,28-,29-,30+,31+,32+,33+,34+,35+,36-,37+,38+,39+,40-,41+,42-,43-,44-,47+,48-/m0/s1. The summed E-state index contributed by atoms with van der Waals surface area (Å²) in [5.74, 6) is -13.5. The summed E-state index contributed by atoms with van der Waals surface area (Å²) in [5.41, 5.74) is 0. The van der Waals surface area contributed by atoms with Crippen molar-refractivity contribution in [3.63, 3.8) is 0 Å². The van der Waals surface area contributed by atoms with Crippen LogP contribution < -0.4 is 16.0 Å². The van der Waals surface area contributed by atoms with Crippen LogP contribution in [0.4, 0.5) is 0 Å². The van der Waals surface area contributed by atoms with E-state index < -0.39 is 277 Å². The van der Waals surface area contributed by atoms with Crippen molar-refractivity contribution in [2.45, 2.75) is 229 Å². The highest BCUT2D eigenvalue weighted by Crippen LogP contribution is 2.41. The monoisotopic (exact) mass is 1290 g/mol. The van der Waals surface area contributed by atoms with Crippen molar-refractivity contribution in [3.8, 4) is 0 Å². The average molecular weight is 1290 g/mol. The SMILES string of the molecule is CC(=O)N[C@H]1[C@H](O[C@@H]2[C@H](O)[C@@H](O)[C@H](O[C@H]3[C@H](O)[C@@H](O)[C@H](O)O[C@@H]3CO)O[C@@H]2CO[C@]2(C(=O)O)C[C@H](O)[C@@H](NC(C)=O)[C@H]([C@H](O)[C@H](O)CO)O2)O[C@H](CO)[C@H](O)[C@@H]1O[C@@H]1O[C@H](CO)[C@H](O)[C@H](O[C@]2(C(=O)O)C[C@H](O)[C@@H](NC(C)=O)[C@H]([C@H](O)[C@H](O)CO)O2)[C@H]1O. The normalized spacial score (nSPS) is 44.6. The highest BCUT2D eigenvalue weighted by Gasteiger charge is 2.62. The fraction of sp³-hybridized carbons (Fsp3) is 0.896. The highest BCUT2D eigenvalue weighted by atomic mass is 16.8. The molecule has 0 spiro atoms. The van der Waals surface area contributed by atoms with Gasteiger partial charge in [-0.2, -0.15) is 0 Å². The third kappa shape index (κ3) is 15.8. The highest BCUT2D eigenvalue weighted by molar-refractivity contribution is 5.77. The van der Waals surface area contributed by atoms with Gasteiger partial charge in [-0.05, 0) is 0 Å². The van der Waals surface area contributed by atoms with E-state index in [1.165, 1.54) is 0 Å². The Labute approximate surface area is 496 Å². The molecule has 0 unspecified atom stereocenters. The lowest BCUT2D eigenvalue weighted by Gasteiger charge is -2.51. The van der Waals surface area contributed by atoms with E-state index in [1.54, 1.807) is 0 Å². The van der Waals surface area contributed by atoms with E-state index in [2.05, 4.69) is 16.0 Å². The van der Waals surface area contributed by atoms with Crippen LogP contribution in [0.2, 0.25) is 0 Å². The van der Waals surface area contributed by atoms with Crippen molar-refractivity contribution in [2.24, 2.45) is 0 Å². The molecule has 508 valence electrons. The Kier molecular flexibility index (Phi) is 25.6. The number of aliphatic hydroxyl groups is 19. The fourth-order valence-electron chi connectivity index (χ4n) is 11.0. The molecule has 6 aliphatic rings. The van der Waals surface area contributed by atoms with Gasteiger partial charge in [0.05, 0.1) is 63.9 Å². The number of carboxylic acid groups (broad SMARTS) is 2. The molecule has 0 bridgehead atoms. The van der Waals surface area contributed by atoms with Crippen LogP contribution in [-0.4, -0.2) is 372 Å². The van der Waals surface area contributed by atoms with Crippen LogP contribution in [0.5, 0.6) is 0 Å². The molecule has 24 N–H and O–H groups in total. The number of carbonyl (C=O) groups excluding carboxylic acids is 3. The van der Waals surface area contributed by atoms with E-state index in [1.807, 2.05) is 0 Å². The molecule has 6 heterocycles. The van der Waals surface area contributed by atoms with Crippen LogP contribution in [0.3, 0.4) is 0 Å². The molecule has 6 aliphatic heterocycles. The van der Waals surface area contributed by atoms with Gasteiger partial charge < -0.3 is 175 Å². The van der Waals surface area contributed by atoms with E-state index in [9.17, 15) is 131 Å². The van der Waals surface area contributed by atoms with Gasteiger partial charge in [0.1, 0.15) is 134 Å². The van der Waals surface area contributed by atoms with Crippen molar-refractivity contribution >= 4 is 29.7 Å². The van der Waals surface area contributed by atoms with Crippen molar-refractivity contribution in [1.29, 1.82) is 0 Å². The maximum Gasteiger partial charge on any atom is 0.364 e. The van der Waals surface area contributed by atoms with Crippen LogP contribution in [0.15, 0.2) is 0 Å². The summed E-state index contributed by atoms with van der Waals surface area (Å²) in [6, 6.07) is -5.51.